The largest absolute Gasteiger partial charge is 0.342 e. The van der Waals surface area contributed by atoms with Crippen LogP contribution < -0.4 is 5.32 Å². The summed E-state index contributed by atoms with van der Waals surface area (Å²) < 4.78 is 24.6. The van der Waals surface area contributed by atoms with E-state index in [0.29, 0.717) is 5.56 Å². The molecule has 1 aliphatic heterocycles. The van der Waals surface area contributed by atoms with Crippen LogP contribution in [-0.2, 0) is 9.84 Å². The Morgan fingerprint density at radius 3 is 2.64 bits per heavy atom. The molecular weight excluding hydrogens is 304 g/mol. The van der Waals surface area contributed by atoms with Crippen LogP contribution in [0.5, 0.6) is 0 Å². The molecule has 0 bridgehead atoms. The molecule has 22 heavy (non-hydrogen) atoms. The fourth-order valence-corrected chi connectivity index (χ4v) is 3.24. The lowest BCUT2D eigenvalue weighted by molar-refractivity contribution is 0.0935. The van der Waals surface area contributed by atoms with Gasteiger partial charge >= 0.3 is 0 Å². The smallest absolute Gasteiger partial charge is 0.251 e. The second kappa shape index (κ2) is 5.20. The van der Waals surface area contributed by atoms with Crippen LogP contribution in [0, 0.1) is 0 Å². The molecule has 1 amide bonds. The minimum atomic E-state index is -3.26. The van der Waals surface area contributed by atoms with Crippen molar-refractivity contribution in [2.24, 2.45) is 0 Å². The summed E-state index contributed by atoms with van der Waals surface area (Å²) in [5.41, 5.74) is 0.415. The summed E-state index contributed by atoms with van der Waals surface area (Å²) in [6, 6.07) is 5.90. The Morgan fingerprint density at radius 2 is 2.00 bits per heavy atom. The van der Waals surface area contributed by atoms with E-state index in [2.05, 4.69) is 15.4 Å². The number of nitrogens with zero attached hydrogens (tertiary/aromatic N) is 3. The van der Waals surface area contributed by atoms with Gasteiger partial charge < -0.3 is 5.32 Å². The van der Waals surface area contributed by atoms with Crippen LogP contribution in [0.2, 0.25) is 0 Å². The molecule has 0 spiro atoms. The van der Waals surface area contributed by atoms with Crippen molar-refractivity contribution in [3.8, 4) is 0 Å². The van der Waals surface area contributed by atoms with Crippen LogP contribution in [0.3, 0.4) is 0 Å². The third-order valence-corrected chi connectivity index (χ3v) is 4.89. The van der Waals surface area contributed by atoms with Gasteiger partial charge in [-0.15, -0.1) is 0 Å². The molecule has 0 radical (unpaired) electrons. The molecule has 0 saturated heterocycles. The van der Waals surface area contributed by atoms with Crippen molar-refractivity contribution >= 4 is 15.7 Å². The van der Waals surface area contributed by atoms with Crippen LogP contribution >= 0.6 is 0 Å². The molecule has 8 heteroatoms. The van der Waals surface area contributed by atoms with Gasteiger partial charge in [0.05, 0.1) is 17.0 Å². The van der Waals surface area contributed by atoms with Crippen LogP contribution in [0.1, 0.15) is 41.6 Å². The van der Waals surface area contributed by atoms with Gasteiger partial charge in [0, 0.05) is 11.8 Å². The number of hydrogen-bond donors (Lipinski definition) is 1. The molecule has 0 fully saturated rings. The summed E-state index contributed by atoms with van der Waals surface area (Å²) in [6.07, 6.45) is 3.35. The van der Waals surface area contributed by atoms with E-state index in [1.807, 2.05) is 6.92 Å². The minimum Gasteiger partial charge on any atom is -0.342 e. The van der Waals surface area contributed by atoms with E-state index in [9.17, 15) is 13.2 Å². The Kier molecular flexibility index (Phi) is 3.48. The Balaban J connectivity index is 1.76. The summed E-state index contributed by atoms with van der Waals surface area (Å²) >= 11 is 0. The van der Waals surface area contributed by atoms with Crippen LogP contribution in [0.4, 0.5) is 0 Å². The molecule has 2 heterocycles. The molecule has 2 atom stereocenters. The highest BCUT2D eigenvalue weighted by molar-refractivity contribution is 7.90. The Bertz CT molecular complexity index is 811. The zero-order chi connectivity index (χ0) is 15.9. The van der Waals surface area contributed by atoms with Gasteiger partial charge in [0.2, 0.25) is 0 Å². The first-order chi connectivity index (χ1) is 10.4. The van der Waals surface area contributed by atoms with Crippen molar-refractivity contribution in [2.45, 2.75) is 30.3 Å². The lowest BCUT2D eigenvalue weighted by Crippen LogP contribution is -2.27. The highest BCUT2D eigenvalue weighted by Gasteiger charge is 2.31. The van der Waals surface area contributed by atoms with Gasteiger partial charge in [-0.05, 0) is 37.6 Å². The first kappa shape index (κ1) is 14.7. The summed E-state index contributed by atoms with van der Waals surface area (Å²) in [4.78, 5) is 16.7. The maximum atomic E-state index is 12.3. The predicted octanol–water partition coefficient (Wildman–Crippen LogP) is 1.12. The summed E-state index contributed by atoms with van der Waals surface area (Å²) in [6.45, 7) is 2.02. The highest BCUT2D eigenvalue weighted by Crippen LogP contribution is 2.31. The quantitative estimate of drug-likeness (QED) is 0.914. The zero-order valence-corrected chi connectivity index (χ0v) is 13.0. The van der Waals surface area contributed by atoms with Crippen molar-refractivity contribution in [2.75, 3.05) is 6.26 Å². The second-order valence-corrected chi connectivity index (χ2v) is 7.49. The molecule has 1 aromatic heterocycles. The molecule has 0 aliphatic carbocycles. The maximum Gasteiger partial charge on any atom is 0.251 e. The monoisotopic (exact) mass is 320 g/mol. The molecule has 2 unspecified atom stereocenters. The number of fused-ring (bicyclic) bond motifs is 1. The normalized spacial score (nSPS) is 20.6. The minimum absolute atomic E-state index is 0.181. The number of sulfone groups is 1. The van der Waals surface area contributed by atoms with Gasteiger partial charge in [0.1, 0.15) is 12.2 Å². The van der Waals surface area contributed by atoms with Crippen molar-refractivity contribution < 1.29 is 13.2 Å². The number of amides is 1. The topological polar surface area (TPSA) is 93.9 Å². The number of carbonyl (C=O) groups is 1. The molecular formula is C14H16N4O3S. The number of benzene rings is 1. The predicted molar refractivity (Wildman–Crippen MR) is 79.1 cm³/mol. The zero-order valence-electron chi connectivity index (χ0n) is 12.2. The molecule has 116 valence electrons. The number of hydrogen-bond acceptors (Lipinski definition) is 5. The Labute approximate surface area is 128 Å². The van der Waals surface area contributed by atoms with E-state index in [1.165, 1.54) is 30.6 Å². The summed E-state index contributed by atoms with van der Waals surface area (Å²) in [7, 11) is -3.26. The highest BCUT2D eigenvalue weighted by atomic mass is 32.2. The maximum absolute atomic E-state index is 12.3. The molecule has 3 rings (SSSR count). The van der Waals surface area contributed by atoms with Crippen molar-refractivity contribution in [3.05, 3.63) is 42.0 Å². The standard InChI is InChI=1S/C14H16N4O3S/c1-9-7-12(13-15-8-16-18(9)13)17-14(19)10-3-5-11(6-4-10)22(2,20)21/h3-6,8-9,12H,7H2,1-2H3,(H,17,19). The lowest BCUT2D eigenvalue weighted by Gasteiger charge is -2.11. The average molecular weight is 320 g/mol. The summed E-state index contributed by atoms with van der Waals surface area (Å²) in [5.74, 6) is 0.488. The van der Waals surface area contributed by atoms with Crippen LogP contribution in [0.25, 0.3) is 0 Å². The van der Waals surface area contributed by atoms with Gasteiger partial charge in [-0.3, -0.25) is 4.79 Å². The molecule has 1 aromatic carbocycles. The lowest BCUT2D eigenvalue weighted by atomic mass is 10.1. The Morgan fingerprint density at radius 1 is 1.32 bits per heavy atom. The Hall–Kier alpha value is -2.22. The van der Waals surface area contributed by atoms with Gasteiger partial charge in [-0.25, -0.2) is 18.1 Å². The third kappa shape index (κ3) is 2.61. The van der Waals surface area contributed by atoms with Gasteiger partial charge in [-0.1, -0.05) is 0 Å². The van der Waals surface area contributed by atoms with E-state index in [-0.39, 0.29) is 22.9 Å². The molecule has 1 N–H and O–H groups in total. The van der Waals surface area contributed by atoms with Gasteiger partial charge in [0.15, 0.2) is 9.84 Å². The molecule has 7 nitrogen and oxygen atoms in total. The van der Waals surface area contributed by atoms with E-state index < -0.39 is 9.84 Å². The third-order valence-electron chi connectivity index (χ3n) is 3.76. The number of aromatic nitrogens is 3. The fourth-order valence-electron chi connectivity index (χ4n) is 2.61. The van der Waals surface area contributed by atoms with Crippen molar-refractivity contribution in [1.82, 2.24) is 20.1 Å². The molecule has 2 aromatic rings. The molecule has 1 aliphatic rings. The van der Waals surface area contributed by atoms with Gasteiger partial charge in [0.25, 0.3) is 5.91 Å². The second-order valence-electron chi connectivity index (χ2n) is 5.47. The fraction of sp³-hybridized carbons (Fsp3) is 0.357. The number of nitrogens with one attached hydrogen (secondary N) is 1. The number of carbonyl (C=O) groups excluding carboxylic acids is 1. The molecule has 0 saturated carbocycles. The van der Waals surface area contributed by atoms with Crippen LogP contribution in [0.15, 0.2) is 35.5 Å². The number of rotatable bonds is 3. The van der Waals surface area contributed by atoms with E-state index in [1.54, 1.807) is 4.68 Å². The average Bonchev–Trinajstić information content (AvgIpc) is 3.04. The van der Waals surface area contributed by atoms with Crippen molar-refractivity contribution in [1.29, 1.82) is 0 Å². The first-order valence-corrected chi connectivity index (χ1v) is 8.76. The SMILES string of the molecule is CC1CC(NC(=O)c2ccc(S(C)(=O)=O)cc2)c2ncnn21. The van der Waals surface area contributed by atoms with E-state index >= 15 is 0 Å². The van der Waals surface area contributed by atoms with Crippen molar-refractivity contribution in [3.63, 3.8) is 0 Å². The van der Waals surface area contributed by atoms with E-state index in [0.717, 1.165) is 18.5 Å². The van der Waals surface area contributed by atoms with Gasteiger partial charge in [-0.2, -0.15) is 5.10 Å². The summed E-state index contributed by atoms with van der Waals surface area (Å²) in [5, 5.41) is 7.05. The van der Waals surface area contributed by atoms with Crippen LogP contribution in [-0.4, -0.2) is 35.3 Å². The first-order valence-electron chi connectivity index (χ1n) is 6.86. The van der Waals surface area contributed by atoms with E-state index in [4.69, 9.17) is 0 Å².